The summed E-state index contributed by atoms with van der Waals surface area (Å²) in [7, 11) is 3.10. The summed E-state index contributed by atoms with van der Waals surface area (Å²) >= 11 is 0. The van der Waals surface area contributed by atoms with Gasteiger partial charge in [0.2, 0.25) is 11.9 Å². The van der Waals surface area contributed by atoms with Crippen molar-refractivity contribution in [1.29, 1.82) is 0 Å². The number of methoxy groups -OCH3 is 2. The number of carbonyl (C=O) groups excluding carboxylic acids is 1. The van der Waals surface area contributed by atoms with E-state index in [0.29, 0.717) is 70.7 Å². The van der Waals surface area contributed by atoms with E-state index < -0.39 is 11.7 Å². The molecule has 0 atom stereocenters. The number of amides is 1. The molecule has 2 aromatic heterocycles. The molecule has 1 amide bonds. The highest BCUT2D eigenvalue weighted by atomic mass is 19.4. The van der Waals surface area contributed by atoms with E-state index >= 15 is 0 Å². The van der Waals surface area contributed by atoms with Gasteiger partial charge in [0.05, 0.1) is 30.8 Å². The van der Waals surface area contributed by atoms with Gasteiger partial charge >= 0.3 is 6.18 Å². The zero-order valence-electron chi connectivity index (χ0n) is 25.6. The first kappa shape index (κ1) is 31.4. The van der Waals surface area contributed by atoms with Crippen molar-refractivity contribution in [2.24, 2.45) is 0 Å². The summed E-state index contributed by atoms with van der Waals surface area (Å²) in [4.78, 5) is 26.6. The van der Waals surface area contributed by atoms with Crippen molar-refractivity contribution in [3.05, 3.63) is 85.2 Å². The summed E-state index contributed by atoms with van der Waals surface area (Å²) in [5.41, 5.74) is 0.676. The second-order valence-corrected chi connectivity index (χ2v) is 10.9. The minimum atomic E-state index is -4.59. The second kappa shape index (κ2) is 13.0. The van der Waals surface area contributed by atoms with Gasteiger partial charge in [-0.1, -0.05) is 6.58 Å². The molecule has 2 N–H and O–H groups in total. The number of hydrogen-bond donors (Lipinski definition) is 2. The maximum absolute atomic E-state index is 14.2. The Kier molecular flexibility index (Phi) is 8.70. The van der Waals surface area contributed by atoms with E-state index in [4.69, 9.17) is 14.2 Å². The summed E-state index contributed by atoms with van der Waals surface area (Å²) in [5.74, 6) is 1.93. The zero-order chi connectivity index (χ0) is 33.1. The number of fused-ring (bicyclic) bond motifs is 2. The fourth-order valence-corrected chi connectivity index (χ4v) is 5.56. The van der Waals surface area contributed by atoms with Gasteiger partial charge in [-0.15, -0.1) is 0 Å². The molecule has 0 saturated carbocycles. The maximum atomic E-state index is 14.2. The maximum Gasteiger partial charge on any atom is 0.418 e. The van der Waals surface area contributed by atoms with E-state index in [2.05, 4.69) is 32.2 Å². The van der Waals surface area contributed by atoms with Gasteiger partial charge in [0, 0.05) is 65.8 Å². The van der Waals surface area contributed by atoms with Crippen LogP contribution in [0.3, 0.4) is 0 Å². The Labute approximate surface area is 268 Å². The van der Waals surface area contributed by atoms with Crippen LogP contribution in [-0.2, 0) is 11.0 Å². The lowest BCUT2D eigenvalue weighted by Crippen LogP contribution is -2.44. The van der Waals surface area contributed by atoms with Crippen molar-refractivity contribution >= 4 is 45.0 Å². The Morgan fingerprint density at radius 3 is 2.45 bits per heavy atom. The van der Waals surface area contributed by atoms with Crippen LogP contribution in [0.1, 0.15) is 18.4 Å². The van der Waals surface area contributed by atoms with Crippen LogP contribution < -0.4 is 29.7 Å². The van der Waals surface area contributed by atoms with Crippen molar-refractivity contribution in [2.75, 3.05) is 37.5 Å². The van der Waals surface area contributed by atoms with E-state index in [9.17, 15) is 18.0 Å². The molecule has 242 valence electrons. The quantitative estimate of drug-likeness (QED) is 0.164. The highest BCUT2D eigenvalue weighted by Gasteiger charge is 2.36. The number of nitrogens with one attached hydrogen (secondary N) is 2. The van der Waals surface area contributed by atoms with Gasteiger partial charge in [-0.3, -0.25) is 9.78 Å². The molecule has 0 aliphatic carbocycles. The number of benzene rings is 3. The van der Waals surface area contributed by atoms with Gasteiger partial charge in [-0.25, -0.2) is 9.97 Å². The van der Waals surface area contributed by atoms with Gasteiger partial charge in [0.1, 0.15) is 11.5 Å². The monoisotopic (exact) mass is 644 g/mol. The smallest absolute Gasteiger partial charge is 0.418 e. The van der Waals surface area contributed by atoms with Crippen LogP contribution in [0.2, 0.25) is 0 Å². The molecular weight excluding hydrogens is 613 g/mol. The average molecular weight is 645 g/mol. The van der Waals surface area contributed by atoms with E-state index in [1.807, 2.05) is 0 Å². The molecule has 0 radical (unpaired) electrons. The van der Waals surface area contributed by atoms with Crippen molar-refractivity contribution in [2.45, 2.75) is 25.1 Å². The highest BCUT2D eigenvalue weighted by molar-refractivity contribution is 5.89. The molecule has 6 rings (SSSR count). The number of hydrogen-bond acceptors (Lipinski definition) is 9. The molecule has 0 bridgehead atoms. The molecule has 5 aromatic rings. The first-order valence-corrected chi connectivity index (χ1v) is 14.8. The Bertz CT molecular complexity index is 1960. The Hall–Kier alpha value is -5.59. The summed E-state index contributed by atoms with van der Waals surface area (Å²) in [6, 6.07) is 14.5. The standard InChI is InChI=1S/C34H31F3N6O4/c1-4-32(44)40-21-10-13-43(14-11-21)28-8-6-22(15-25(28)34(35,36)37)41-33-39-19-20-5-7-23(16-26(20)42-33)47-29-9-12-38-27-18-31(46-3)30(45-2)17-24(27)29/h4-9,12,15-19,21H,1,10-11,13-14H2,2-3H3,(H,40,44)(H,39,41,42). The van der Waals surface area contributed by atoms with Crippen molar-refractivity contribution in [3.63, 3.8) is 0 Å². The van der Waals surface area contributed by atoms with Crippen LogP contribution in [0.4, 0.5) is 30.5 Å². The van der Waals surface area contributed by atoms with Crippen molar-refractivity contribution < 1.29 is 32.2 Å². The molecule has 1 fully saturated rings. The molecule has 1 aliphatic rings. The molecule has 3 heterocycles. The molecule has 0 unspecified atom stereocenters. The summed E-state index contributed by atoms with van der Waals surface area (Å²) in [6.45, 7) is 4.18. The Morgan fingerprint density at radius 2 is 1.72 bits per heavy atom. The second-order valence-electron chi connectivity index (χ2n) is 10.9. The van der Waals surface area contributed by atoms with Crippen molar-refractivity contribution in [3.8, 4) is 23.0 Å². The lowest BCUT2D eigenvalue weighted by molar-refractivity contribution is -0.137. The zero-order valence-corrected chi connectivity index (χ0v) is 25.6. The largest absolute Gasteiger partial charge is 0.493 e. The first-order chi connectivity index (χ1) is 22.6. The van der Waals surface area contributed by atoms with E-state index in [-0.39, 0.29) is 29.3 Å². The number of pyridine rings is 1. The van der Waals surface area contributed by atoms with Crippen LogP contribution in [0.15, 0.2) is 79.6 Å². The van der Waals surface area contributed by atoms with Crippen LogP contribution in [0.25, 0.3) is 21.8 Å². The van der Waals surface area contributed by atoms with Gasteiger partial charge < -0.3 is 29.7 Å². The highest BCUT2D eigenvalue weighted by Crippen LogP contribution is 2.40. The molecular formula is C34H31F3N6O4. The van der Waals surface area contributed by atoms with E-state index in [1.54, 1.807) is 74.0 Å². The summed E-state index contributed by atoms with van der Waals surface area (Å²) in [6.07, 6.45) is 0.847. The Balaban J connectivity index is 1.23. The minimum absolute atomic E-state index is 0.0810. The number of aromatic nitrogens is 3. The SMILES string of the molecule is C=CC(=O)NC1CCN(c2ccc(Nc3ncc4ccc(Oc5ccnc6cc(OC)c(OC)cc56)cc4n3)cc2C(F)(F)F)CC1. The first-order valence-electron chi connectivity index (χ1n) is 14.8. The number of carbonyl (C=O) groups is 1. The number of alkyl halides is 3. The fourth-order valence-electron chi connectivity index (χ4n) is 5.56. The van der Waals surface area contributed by atoms with E-state index in [0.717, 1.165) is 6.07 Å². The molecule has 1 saturated heterocycles. The van der Waals surface area contributed by atoms with Crippen molar-refractivity contribution in [1.82, 2.24) is 20.3 Å². The summed E-state index contributed by atoms with van der Waals surface area (Å²) in [5, 5.41) is 7.16. The van der Waals surface area contributed by atoms with Crippen LogP contribution in [0.5, 0.6) is 23.0 Å². The predicted octanol–water partition coefficient (Wildman–Crippen LogP) is 7.02. The van der Waals surface area contributed by atoms with Crippen LogP contribution >= 0.6 is 0 Å². The molecule has 10 nitrogen and oxygen atoms in total. The van der Waals surface area contributed by atoms with Gasteiger partial charge in [0.15, 0.2) is 11.5 Å². The molecule has 13 heteroatoms. The Morgan fingerprint density at radius 1 is 0.957 bits per heavy atom. The van der Waals surface area contributed by atoms with Crippen LogP contribution in [0, 0.1) is 0 Å². The van der Waals surface area contributed by atoms with Gasteiger partial charge in [-0.2, -0.15) is 13.2 Å². The molecule has 3 aromatic carbocycles. The van der Waals surface area contributed by atoms with Gasteiger partial charge in [-0.05, 0) is 61.4 Å². The lowest BCUT2D eigenvalue weighted by atomic mass is 10.0. The number of rotatable bonds is 9. The third kappa shape index (κ3) is 6.83. The normalized spacial score (nSPS) is 13.8. The van der Waals surface area contributed by atoms with Gasteiger partial charge in [0.25, 0.3) is 0 Å². The van der Waals surface area contributed by atoms with E-state index in [1.165, 1.54) is 12.1 Å². The number of ether oxygens (including phenoxy) is 3. The number of halogens is 3. The summed E-state index contributed by atoms with van der Waals surface area (Å²) < 4.78 is 59.8. The number of piperidine rings is 1. The third-order valence-electron chi connectivity index (χ3n) is 7.91. The lowest BCUT2D eigenvalue weighted by Gasteiger charge is -2.35. The topological polar surface area (TPSA) is 111 Å². The molecule has 47 heavy (non-hydrogen) atoms. The predicted molar refractivity (Wildman–Crippen MR) is 173 cm³/mol. The van der Waals surface area contributed by atoms with Crippen LogP contribution in [-0.4, -0.2) is 54.2 Å². The third-order valence-corrected chi connectivity index (χ3v) is 7.91. The number of anilines is 3. The minimum Gasteiger partial charge on any atom is -0.493 e. The molecule has 0 spiro atoms. The average Bonchev–Trinajstić information content (AvgIpc) is 3.07. The molecule has 1 aliphatic heterocycles. The number of nitrogens with zero attached hydrogens (tertiary/aromatic N) is 4. The fraction of sp³-hybridized carbons (Fsp3) is 0.235.